The van der Waals surface area contributed by atoms with Crippen molar-refractivity contribution in [1.82, 2.24) is 4.90 Å². The van der Waals surface area contributed by atoms with Crippen LogP contribution >= 0.6 is 0 Å². The number of nitrogens with zero attached hydrogens (tertiary/aromatic N) is 1. The molecule has 1 aliphatic rings. The van der Waals surface area contributed by atoms with E-state index in [9.17, 15) is 9.18 Å². The molecule has 94 valence electrons. The smallest absolute Gasteiger partial charge is 0.410 e. The van der Waals surface area contributed by atoms with Gasteiger partial charge in [0.2, 0.25) is 0 Å². The van der Waals surface area contributed by atoms with Crippen LogP contribution in [0, 0.1) is 0 Å². The van der Waals surface area contributed by atoms with Gasteiger partial charge in [0.1, 0.15) is 11.3 Å². The first kappa shape index (κ1) is 13.2. The normalized spacial score (nSPS) is 31.4. The number of nitrogens with two attached hydrogens (primary N) is 1. The lowest BCUT2D eigenvalue weighted by molar-refractivity contribution is 0.000274. The van der Waals surface area contributed by atoms with Gasteiger partial charge in [-0.25, -0.2) is 9.18 Å². The molecule has 1 aliphatic heterocycles. The summed E-state index contributed by atoms with van der Waals surface area (Å²) in [6, 6.07) is -0.645. The molecule has 2 atom stereocenters. The second kappa shape index (κ2) is 4.20. The monoisotopic (exact) mass is 232 g/mol. The molecule has 4 nitrogen and oxygen atoms in total. The molecule has 16 heavy (non-hydrogen) atoms. The highest BCUT2D eigenvalue weighted by atomic mass is 19.1. The maximum atomic E-state index is 13.7. The molecule has 0 radical (unpaired) electrons. The number of ether oxygens (including phenoxy) is 1. The van der Waals surface area contributed by atoms with Crippen LogP contribution in [0.3, 0.4) is 0 Å². The first-order chi connectivity index (χ1) is 7.12. The van der Waals surface area contributed by atoms with Gasteiger partial charge in [0.15, 0.2) is 0 Å². The fourth-order valence-electron chi connectivity index (χ4n) is 1.55. The maximum absolute atomic E-state index is 13.7. The molecule has 5 heteroatoms. The molecule has 0 spiro atoms. The van der Waals surface area contributed by atoms with Gasteiger partial charge in [-0.15, -0.1) is 0 Å². The maximum Gasteiger partial charge on any atom is 0.410 e. The molecule has 2 unspecified atom stereocenters. The van der Waals surface area contributed by atoms with Crippen molar-refractivity contribution in [2.45, 2.75) is 51.4 Å². The third kappa shape index (κ3) is 3.33. The van der Waals surface area contributed by atoms with Gasteiger partial charge in [-0.3, -0.25) is 0 Å². The predicted octanol–water partition coefficient (Wildman–Crippen LogP) is 1.68. The second-order valence-corrected chi connectivity index (χ2v) is 5.56. The Morgan fingerprint density at radius 3 is 2.56 bits per heavy atom. The van der Waals surface area contributed by atoms with E-state index in [1.807, 2.05) is 0 Å². The van der Waals surface area contributed by atoms with Crippen molar-refractivity contribution >= 4 is 6.09 Å². The SMILES string of the molecule is CC(C)(C)OC(=O)N1CCC(C)(F)C(N)C1. The van der Waals surface area contributed by atoms with Crippen molar-refractivity contribution in [2.75, 3.05) is 13.1 Å². The molecule has 0 aliphatic carbocycles. The van der Waals surface area contributed by atoms with E-state index in [4.69, 9.17) is 10.5 Å². The number of rotatable bonds is 0. The minimum atomic E-state index is -1.39. The van der Waals surface area contributed by atoms with Crippen LogP contribution in [0.15, 0.2) is 0 Å². The lowest BCUT2D eigenvalue weighted by Crippen LogP contribution is -2.57. The molecule has 0 bridgehead atoms. The van der Waals surface area contributed by atoms with Crippen molar-refractivity contribution in [1.29, 1.82) is 0 Å². The van der Waals surface area contributed by atoms with Crippen LogP contribution < -0.4 is 5.73 Å². The quantitative estimate of drug-likeness (QED) is 0.691. The lowest BCUT2D eigenvalue weighted by Gasteiger charge is -2.39. The molecule has 0 aromatic rings. The Bertz CT molecular complexity index is 274. The van der Waals surface area contributed by atoms with E-state index in [0.717, 1.165) is 0 Å². The summed E-state index contributed by atoms with van der Waals surface area (Å²) in [6.07, 6.45) is -0.161. The molecule has 2 N–H and O–H groups in total. The number of likely N-dealkylation sites (tertiary alicyclic amines) is 1. The fourth-order valence-corrected chi connectivity index (χ4v) is 1.55. The number of halogens is 1. The number of hydrogen-bond acceptors (Lipinski definition) is 3. The summed E-state index contributed by atoms with van der Waals surface area (Å²) >= 11 is 0. The van der Waals surface area contributed by atoms with E-state index in [2.05, 4.69) is 0 Å². The van der Waals surface area contributed by atoms with Crippen LogP contribution in [-0.4, -0.2) is 41.4 Å². The zero-order valence-corrected chi connectivity index (χ0v) is 10.4. The average molecular weight is 232 g/mol. The number of carbonyl (C=O) groups is 1. The van der Waals surface area contributed by atoms with Gasteiger partial charge in [-0.1, -0.05) is 0 Å². The zero-order chi connectivity index (χ0) is 12.6. The van der Waals surface area contributed by atoms with E-state index in [-0.39, 0.29) is 13.0 Å². The molecule has 0 saturated carbocycles. The Labute approximate surface area is 95.9 Å². The van der Waals surface area contributed by atoms with E-state index >= 15 is 0 Å². The van der Waals surface area contributed by atoms with E-state index in [0.29, 0.717) is 6.54 Å². The Balaban J connectivity index is 2.55. The summed E-state index contributed by atoms with van der Waals surface area (Å²) in [5.74, 6) is 0. The fraction of sp³-hybridized carbons (Fsp3) is 0.909. The van der Waals surface area contributed by atoms with Crippen LogP contribution in [0.5, 0.6) is 0 Å². The third-order valence-corrected chi connectivity index (χ3v) is 2.71. The number of piperidine rings is 1. The van der Waals surface area contributed by atoms with Crippen molar-refractivity contribution in [2.24, 2.45) is 5.73 Å². The van der Waals surface area contributed by atoms with Gasteiger partial charge in [0.25, 0.3) is 0 Å². The third-order valence-electron chi connectivity index (χ3n) is 2.71. The van der Waals surface area contributed by atoms with Crippen LogP contribution in [0.4, 0.5) is 9.18 Å². The standard InChI is InChI=1S/C11H21FN2O2/c1-10(2,3)16-9(15)14-6-5-11(4,12)8(13)7-14/h8H,5-7,13H2,1-4H3. The van der Waals surface area contributed by atoms with Gasteiger partial charge >= 0.3 is 6.09 Å². The highest BCUT2D eigenvalue weighted by Gasteiger charge is 2.39. The van der Waals surface area contributed by atoms with E-state index in [1.54, 1.807) is 20.8 Å². The largest absolute Gasteiger partial charge is 0.444 e. The molecular weight excluding hydrogens is 211 g/mol. The Morgan fingerprint density at radius 2 is 2.12 bits per heavy atom. The average Bonchev–Trinajstić information content (AvgIpc) is 2.06. The number of carbonyl (C=O) groups excluding carboxylic acids is 1. The first-order valence-electron chi connectivity index (χ1n) is 5.54. The van der Waals surface area contributed by atoms with Gasteiger partial charge < -0.3 is 15.4 Å². The Morgan fingerprint density at radius 1 is 1.56 bits per heavy atom. The summed E-state index contributed by atoms with van der Waals surface area (Å²) in [4.78, 5) is 13.2. The molecule has 0 aromatic carbocycles. The topological polar surface area (TPSA) is 55.6 Å². The van der Waals surface area contributed by atoms with Gasteiger partial charge in [-0.2, -0.15) is 0 Å². The number of amides is 1. The van der Waals surface area contributed by atoms with Gasteiger partial charge in [0.05, 0.1) is 6.04 Å². The molecular formula is C11H21FN2O2. The van der Waals surface area contributed by atoms with Crippen molar-refractivity contribution < 1.29 is 13.9 Å². The van der Waals surface area contributed by atoms with Crippen molar-refractivity contribution in [3.05, 3.63) is 0 Å². The van der Waals surface area contributed by atoms with Crippen LogP contribution in [0.25, 0.3) is 0 Å². The lowest BCUT2D eigenvalue weighted by atomic mass is 9.91. The summed E-state index contributed by atoms with van der Waals surface area (Å²) in [6.45, 7) is 7.44. The second-order valence-electron chi connectivity index (χ2n) is 5.56. The molecule has 0 aromatic heterocycles. The van der Waals surface area contributed by atoms with Crippen molar-refractivity contribution in [3.63, 3.8) is 0 Å². The predicted molar refractivity (Wildman–Crippen MR) is 59.9 cm³/mol. The molecule has 1 rings (SSSR count). The first-order valence-corrected chi connectivity index (χ1v) is 5.54. The van der Waals surface area contributed by atoms with E-state index in [1.165, 1.54) is 11.8 Å². The van der Waals surface area contributed by atoms with Crippen LogP contribution in [-0.2, 0) is 4.74 Å². The highest BCUT2D eigenvalue weighted by Crippen LogP contribution is 2.25. The summed E-state index contributed by atoms with van der Waals surface area (Å²) in [5, 5.41) is 0. The van der Waals surface area contributed by atoms with E-state index < -0.39 is 23.4 Å². The number of alkyl halides is 1. The molecule has 1 saturated heterocycles. The van der Waals surface area contributed by atoms with Crippen molar-refractivity contribution in [3.8, 4) is 0 Å². The summed E-state index contributed by atoms with van der Waals surface area (Å²) in [7, 11) is 0. The zero-order valence-electron chi connectivity index (χ0n) is 10.4. The molecule has 1 amide bonds. The van der Waals surface area contributed by atoms with Gasteiger partial charge in [-0.05, 0) is 27.7 Å². The molecule has 1 heterocycles. The minimum Gasteiger partial charge on any atom is -0.444 e. The van der Waals surface area contributed by atoms with Crippen LogP contribution in [0.2, 0.25) is 0 Å². The van der Waals surface area contributed by atoms with Gasteiger partial charge in [0, 0.05) is 19.5 Å². The highest BCUT2D eigenvalue weighted by molar-refractivity contribution is 5.68. The summed E-state index contributed by atoms with van der Waals surface area (Å²) < 4.78 is 18.9. The minimum absolute atomic E-state index is 0.210. The van der Waals surface area contributed by atoms with Crippen LogP contribution in [0.1, 0.15) is 34.1 Å². The number of hydrogen-bond donors (Lipinski definition) is 1. The Hall–Kier alpha value is -0.840. The summed E-state index contributed by atoms with van der Waals surface area (Å²) in [5.41, 5.74) is 3.76. The Kier molecular flexibility index (Phi) is 3.47. The molecule has 1 fully saturated rings.